The third kappa shape index (κ3) is 3.76. The number of hydrogen-bond donors (Lipinski definition) is 0. The zero-order chi connectivity index (χ0) is 14.8. The first-order valence-corrected chi connectivity index (χ1v) is 6.98. The van der Waals surface area contributed by atoms with E-state index in [-0.39, 0.29) is 16.3 Å². The van der Waals surface area contributed by atoms with Gasteiger partial charge in [-0.2, -0.15) is 13.2 Å². The van der Waals surface area contributed by atoms with Gasteiger partial charge < -0.3 is 0 Å². The van der Waals surface area contributed by atoms with Gasteiger partial charge in [-0.3, -0.25) is 4.79 Å². The molecular weight excluding hydrogens is 285 g/mol. The summed E-state index contributed by atoms with van der Waals surface area (Å²) in [7, 11) is 0. The van der Waals surface area contributed by atoms with E-state index in [0.29, 0.717) is 5.56 Å². The van der Waals surface area contributed by atoms with E-state index in [2.05, 4.69) is 0 Å². The Morgan fingerprint density at radius 1 is 1.35 bits per heavy atom. The van der Waals surface area contributed by atoms with Gasteiger partial charge in [0, 0.05) is 5.25 Å². The molecule has 0 saturated heterocycles. The van der Waals surface area contributed by atoms with Crippen LogP contribution in [0.4, 0.5) is 13.2 Å². The van der Waals surface area contributed by atoms with Crippen LogP contribution in [-0.2, 0) is 11.0 Å². The fourth-order valence-corrected chi connectivity index (χ4v) is 2.75. The van der Waals surface area contributed by atoms with E-state index in [1.165, 1.54) is 23.9 Å². The SMILES string of the molecule is C[C@H](/C=C/c1cccc(C(F)(F)F)c1)[C@H]1C=CC(=O)S1. The standard InChI is InChI=1S/C15H13F3OS/c1-10(13-7-8-14(19)20-13)5-6-11-3-2-4-12(9-11)15(16,17)18/h2-10,13H,1H3/b6-5+/t10-,13-/m1/s1. The molecule has 2 atom stereocenters. The second-order valence-electron chi connectivity index (χ2n) is 4.60. The average Bonchev–Trinajstić information content (AvgIpc) is 2.82. The number of carbonyl (C=O) groups is 1. The first-order valence-electron chi connectivity index (χ1n) is 6.10. The van der Waals surface area contributed by atoms with E-state index >= 15 is 0 Å². The molecule has 0 unspecified atom stereocenters. The number of thioether (sulfide) groups is 1. The van der Waals surface area contributed by atoms with Crippen molar-refractivity contribution in [2.75, 3.05) is 0 Å². The van der Waals surface area contributed by atoms with Crippen LogP contribution in [0, 0.1) is 5.92 Å². The summed E-state index contributed by atoms with van der Waals surface area (Å²) in [6.45, 7) is 1.94. The van der Waals surface area contributed by atoms with Crippen LogP contribution in [0.1, 0.15) is 18.1 Å². The minimum atomic E-state index is -4.33. The van der Waals surface area contributed by atoms with Crippen molar-refractivity contribution in [3.63, 3.8) is 0 Å². The van der Waals surface area contributed by atoms with Crippen LogP contribution >= 0.6 is 11.8 Å². The van der Waals surface area contributed by atoms with E-state index in [0.717, 1.165) is 12.1 Å². The highest BCUT2D eigenvalue weighted by Crippen LogP contribution is 2.31. The zero-order valence-electron chi connectivity index (χ0n) is 10.7. The van der Waals surface area contributed by atoms with Gasteiger partial charge in [0.1, 0.15) is 0 Å². The highest BCUT2D eigenvalue weighted by molar-refractivity contribution is 8.15. The van der Waals surface area contributed by atoms with Gasteiger partial charge in [-0.25, -0.2) is 0 Å². The summed E-state index contributed by atoms with van der Waals surface area (Å²) >= 11 is 1.23. The summed E-state index contributed by atoms with van der Waals surface area (Å²) in [6, 6.07) is 5.18. The van der Waals surface area contributed by atoms with Gasteiger partial charge in [0.05, 0.1) is 5.56 Å². The third-order valence-corrected chi connectivity index (χ3v) is 4.23. The Kier molecular flexibility index (Phi) is 4.38. The molecule has 1 nitrogen and oxygen atoms in total. The molecule has 106 valence electrons. The number of allylic oxidation sites excluding steroid dienone is 1. The van der Waals surface area contributed by atoms with Crippen LogP contribution in [0.25, 0.3) is 6.08 Å². The first-order chi connectivity index (χ1) is 9.36. The highest BCUT2D eigenvalue weighted by Gasteiger charge is 2.30. The lowest BCUT2D eigenvalue weighted by Crippen LogP contribution is -2.07. The van der Waals surface area contributed by atoms with E-state index in [4.69, 9.17) is 0 Å². The van der Waals surface area contributed by atoms with Crippen molar-refractivity contribution in [2.45, 2.75) is 18.3 Å². The highest BCUT2D eigenvalue weighted by atomic mass is 32.2. The molecule has 1 heterocycles. The van der Waals surface area contributed by atoms with Crippen LogP contribution in [0.5, 0.6) is 0 Å². The molecule has 5 heteroatoms. The summed E-state index contributed by atoms with van der Waals surface area (Å²) in [5.74, 6) is 0.0808. The molecule has 1 aliphatic heterocycles. The van der Waals surface area contributed by atoms with Crippen LogP contribution in [0.3, 0.4) is 0 Å². The molecule has 0 radical (unpaired) electrons. The van der Waals surface area contributed by atoms with Crippen LogP contribution < -0.4 is 0 Å². The van der Waals surface area contributed by atoms with Crippen molar-refractivity contribution >= 4 is 23.0 Å². The Labute approximate surface area is 119 Å². The van der Waals surface area contributed by atoms with E-state index in [1.54, 1.807) is 12.1 Å². The normalized spacial score (nSPS) is 20.8. The molecular formula is C15H13F3OS. The minimum Gasteiger partial charge on any atom is -0.282 e. The molecule has 0 aliphatic carbocycles. The number of alkyl halides is 3. The zero-order valence-corrected chi connectivity index (χ0v) is 11.5. The molecule has 0 bridgehead atoms. The molecule has 0 N–H and O–H groups in total. The second kappa shape index (κ2) is 5.87. The van der Waals surface area contributed by atoms with Crippen molar-refractivity contribution < 1.29 is 18.0 Å². The van der Waals surface area contributed by atoms with Crippen LogP contribution in [0.15, 0.2) is 42.5 Å². The fraction of sp³-hybridized carbons (Fsp3) is 0.267. The van der Waals surface area contributed by atoms with Gasteiger partial charge >= 0.3 is 6.18 Å². The molecule has 1 aromatic rings. The predicted molar refractivity (Wildman–Crippen MR) is 75.2 cm³/mol. The molecule has 0 saturated carbocycles. The van der Waals surface area contributed by atoms with Gasteiger partial charge in [-0.05, 0) is 29.7 Å². The van der Waals surface area contributed by atoms with Crippen molar-refractivity contribution in [3.8, 4) is 0 Å². The van der Waals surface area contributed by atoms with Gasteiger partial charge in [0.25, 0.3) is 0 Å². The van der Waals surface area contributed by atoms with Gasteiger partial charge in [0.2, 0.25) is 5.12 Å². The summed E-state index contributed by atoms with van der Waals surface area (Å²) < 4.78 is 37.7. The first kappa shape index (κ1) is 14.9. The molecule has 1 aliphatic rings. The summed E-state index contributed by atoms with van der Waals surface area (Å²) in [6.07, 6.45) is 2.53. The molecule has 2 rings (SSSR count). The van der Waals surface area contributed by atoms with Gasteiger partial charge in [-0.15, -0.1) is 0 Å². The third-order valence-electron chi connectivity index (χ3n) is 3.00. The minimum absolute atomic E-state index is 0.0225. The number of rotatable bonds is 3. The van der Waals surface area contributed by atoms with Crippen molar-refractivity contribution in [1.82, 2.24) is 0 Å². The van der Waals surface area contributed by atoms with Crippen molar-refractivity contribution in [2.24, 2.45) is 5.92 Å². The van der Waals surface area contributed by atoms with E-state index in [9.17, 15) is 18.0 Å². The lowest BCUT2D eigenvalue weighted by atomic mass is 10.0. The monoisotopic (exact) mass is 298 g/mol. The maximum Gasteiger partial charge on any atom is 0.416 e. The van der Waals surface area contributed by atoms with E-state index < -0.39 is 11.7 Å². The lowest BCUT2D eigenvalue weighted by molar-refractivity contribution is -0.137. The predicted octanol–water partition coefficient (Wildman–Crippen LogP) is 4.55. The number of hydrogen-bond acceptors (Lipinski definition) is 2. The summed E-state index contributed by atoms with van der Waals surface area (Å²) in [4.78, 5) is 11.1. The lowest BCUT2D eigenvalue weighted by Gasteiger charge is -2.11. The number of halogens is 3. The molecule has 0 amide bonds. The molecule has 1 aromatic carbocycles. The summed E-state index contributed by atoms with van der Waals surface area (Å²) in [5.41, 5.74) is -0.150. The Bertz CT molecular complexity index is 560. The van der Waals surface area contributed by atoms with E-state index in [1.807, 2.05) is 19.1 Å². The molecule has 0 fully saturated rings. The van der Waals surface area contributed by atoms with Gasteiger partial charge in [-0.1, -0.05) is 49.0 Å². The quantitative estimate of drug-likeness (QED) is 0.814. The van der Waals surface area contributed by atoms with Crippen molar-refractivity contribution in [1.29, 1.82) is 0 Å². The summed E-state index contributed by atoms with van der Waals surface area (Å²) in [5, 5.41) is 0.0823. The van der Waals surface area contributed by atoms with Crippen LogP contribution in [0.2, 0.25) is 0 Å². The Hall–Kier alpha value is -1.49. The molecule has 20 heavy (non-hydrogen) atoms. The molecule has 0 aromatic heterocycles. The largest absolute Gasteiger partial charge is 0.416 e. The smallest absolute Gasteiger partial charge is 0.282 e. The Morgan fingerprint density at radius 3 is 2.70 bits per heavy atom. The Balaban J connectivity index is 2.08. The maximum atomic E-state index is 12.6. The topological polar surface area (TPSA) is 17.1 Å². The number of benzene rings is 1. The maximum absolute atomic E-state index is 12.6. The number of carbonyl (C=O) groups excluding carboxylic acids is 1. The van der Waals surface area contributed by atoms with Crippen molar-refractivity contribution in [3.05, 3.63) is 53.6 Å². The molecule has 0 spiro atoms. The van der Waals surface area contributed by atoms with Crippen LogP contribution in [-0.4, -0.2) is 10.4 Å². The Morgan fingerprint density at radius 2 is 2.10 bits per heavy atom. The fourth-order valence-electron chi connectivity index (χ4n) is 1.86. The average molecular weight is 298 g/mol. The van der Waals surface area contributed by atoms with Gasteiger partial charge in [0.15, 0.2) is 0 Å². The second-order valence-corrected chi connectivity index (χ2v) is 5.78.